The summed E-state index contributed by atoms with van der Waals surface area (Å²) >= 11 is 0. The van der Waals surface area contributed by atoms with Crippen LogP contribution in [0.1, 0.15) is 297 Å². The summed E-state index contributed by atoms with van der Waals surface area (Å²) in [4.78, 5) is 73.2. The molecule has 0 amide bonds. The number of phosphoric acid groups is 2. The molecule has 0 saturated carbocycles. The van der Waals surface area contributed by atoms with Crippen LogP contribution in [0.5, 0.6) is 0 Å². The highest BCUT2D eigenvalue weighted by Crippen LogP contribution is 2.45. The van der Waals surface area contributed by atoms with Crippen molar-refractivity contribution in [3.05, 3.63) is 194 Å². The van der Waals surface area contributed by atoms with Gasteiger partial charge in [-0.3, -0.25) is 37.3 Å². The van der Waals surface area contributed by atoms with Crippen LogP contribution in [0.3, 0.4) is 0 Å². The number of carbonyl (C=O) groups is 4. The second-order valence-corrected chi connectivity index (χ2v) is 29.8. The molecule has 3 N–H and O–H groups in total. The van der Waals surface area contributed by atoms with Gasteiger partial charge in [-0.25, -0.2) is 9.13 Å². The summed E-state index contributed by atoms with van der Waals surface area (Å²) in [6.45, 7) is 4.36. The standard InChI is InChI=1S/C91H146O17P2/c1-5-9-13-17-21-25-29-33-36-39-42-45-48-52-55-59-63-67-71-75-88(93)101-81-86(107-90(95)77-73-69-65-61-57-51-32-28-24-20-16-12-8-4)83-105-109(97,98)103-79-85(92)80-104-110(99,100)106-84-87(108-91(96)78-74-70-66-62-58-54-50-47-44-41-38-35-31-27-23-19-15-11-7-3)82-102-89(94)76-72-68-64-60-56-53-49-46-43-40-37-34-30-26-22-18-14-10-6-2/h9-11,13-15,21-23,25-28,32-38,42-47,52-53,55-56,63,67,85-87,92H,5-8,12,16-20,24,29-31,39-41,48-51,54,57-62,64-66,68-84H2,1-4H3,(H,97,98)(H,99,100)/b13-9-,14-10-,15-11-,25-21-,26-22-,27-23-,32-28-,36-33-,37-34-,38-35-,45-42-,46-43-,47-44-,55-52-,56-53-,67-63-. The van der Waals surface area contributed by atoms with Crippen LogP contribution in [0.15, 0.2) is 194 Å². The van der Waals surface area contributed by atoms with E-state index in [9.17, 15) is 43.2 Å². The van der Waals surface area contributed by atoms with Gasteiger partial charge in [-0.1, -0.05) is 293 Å². The predicted molar refractivity (Wildman–Crippen MR) is 454 cm³/mol. The number of rotatable bonds is 76. The molecule has 5 atom stereocenters. The molecule has 0 rings (SSSR count). The second kappa shape index (κ2) is 80.9. The summed E-state index contributed by atoms with van der Waals surface area (Å²) < 4.78 is 68.6. The Kier molecular flexibility index (Phi) is 76.4. The third kappa shape index (κ3) is 80.0. The summed E-state index contributed by atoms with van der Waals surface area (Å²) in [6.07, 6.45) is 99.8. The number of aliphatic hydroxyl groups excluding tert-OH is 1. The Bertz CT molecular complexity index is 2850. The molecule has 0 aliphatic carbocycles. The molecule has 17 nitrogen and oxygen atoms in total. The van der Waals surface area contributed by atoms with Crippen molar-refractivity contribution in [2.45, 2.75) is 316 Å². The Labute approximate surface area is 666 Å². The fourth-order valence-corrected chi connectivity index (χ4v) is 11.9. The molecule has 0 aliphatic rings. The summed E-state index contributed by atoms with van der Waals surface area (Å²) in [5, 5.41) is 10.7. The van der Waals surface area contributed by atoms with Crippen molar-refractivity contribution in [1.82, 2.24) is 0 Å². The van der Waals surface area contributed by atoms with Crippen molar-refractivity contribution < 1.29 is 80.2 Å². The van der Waals surface area contributed by atoms with Gasteiger partial charge in [0, 0.05) is 25.7 Å². The summed E-state index contributed by atoms with van der Waals surface area (Å²) in [6, 6.07) is 0. The molecule has 0 aromatic carbocycles. The number of carbonyl (C=O) groups excluding carboxylic acids is 4. The van der Waals surface area contributed by atoms with Crippen LogP contribution < -0.4 is 0 Å². The van der Waals surface area contributed by atoms with E-state index >= 15 is 0 Å². The summed E-state index contributed by atoms with van der Waals surface area (Å²) in [7, 11) is -10.0. The molecule has 19 heteroatoms. The molecule has 0 spiro atoms. The Morgan fingerprint density at radius 2 is 0.491 bits per heavy atom. The number of phosphoric ester groups is 2. The van der Waals surface area contributed by atoms with Gasteiger partial charge in [0.15, 0.2) is 12.2 Å². The van der Waals surface area contributed by atoms with E-state index in [-0.39, 0.29) is 25.7 Å². The highest BCUT2D eigenvalue weighted by Gasteiger charge is 2.30. The quantitative estimate of drug-likeness (QED) is 0.0169. The Morgan fingerprint density at radius 1 is 0.264 bits per heavy atom. The van der Waals surface area contributed by atoms with Gasteiger partial charge in [0.2, 0.25) is 0 Å². The molecule has 0 fully saturated rings. The molecule has 0 saturated heterocycles. The van der Waals surface area contributed by atoms with Gasteiger partial charge in [-0.2, -0.15) is 0 Å². The van der Waals surface area contributed by atoms with Crippen LogP contribution in [0, 0.1) is 0 Å². The lowest BCUT2D eigenvalue weighted by Crippen LogP contribution is -2.30. The zero-order valence-corrected chi connectivity index (χ0v) is 69.9. The maximum absolute atomic E-state index is 13.1. The maximum atomic E-state index is 13.1. The van der Waals surface area contributed by atoms with Crippen molar-refractivity contribution in [3.63, 3.8) is 0 Å². The molecule has 5 unspecified atom stereocenters. The van der Waals surface area contributed by atoms with Crippen LogP contribution in [0.25, 0.3) is 0 Å². The van der Waals surface area contributed by atoms with Crippen molar-refractivity contribution in [2.24, 2.45) is 0 Å². The molecular weight excluding hydrogens is 1430 g/mol. The number of esters is 4. The van der Waals surface area contributed by atoms with Crippen LogP contribution in [0.2, 0.25) is 0 Å². The third-order valence-corrected chi connectivity index (χ3v) is 18.4. The van der Waals surface area contributed by atoms with Crippen LogP contribution >= 0.6 is 15.6 Å². The van der Waals surface area contributed by atoms with E-state index in [1.165, 1.54) is 25.7 Å². The molecule has 0 aliphatic heterocycles. The van der Waals surface area contributed by atoms with Crippen molar-refractivity contribution in [3.8, 4) is 0 Å². The van der Waals surface area contributed by atoms with E-state index in [4.69, 9.17) is 37.0 Å². The first kappa shape index (κ1) is 104. The minimum absolute atomic E-state index is 0.0276. The van der Waals surface area contributed by atoms with Gasteiger partial charge in [-0.15, -0.1) is 0 Å². The van der Waals surface area contributed by atoms with Crippen LogP contribution in [0.4, 0.5) is 0 Å². The fraction of sp³-hybridized carbons (Fsp3) is 0.604. The van der Waals surface area contributed by atoms with E-state index in [1.54, 1.807) is 0 Å². The van der Waals surface area contributed by atoms with Crippen molar-refractivity contribution >= 4 is 39.5 Å². The number of hydrogen-bond donors (Lipinski definition) is 3. The van der Waals surface area contributed by atoms with Crippen LogP contribution in [-0.4, -0.2) is 96.7 Å². The zero-order chi connectivity index (χ0) is 80.3. The van der Waals surface area contributed by atoms with Gasteiger partial charge >= 0.3 is 39.5 Å². The third-order valence-electron chi connectivity index (χ3n) is 16.5. The molecule has 0 radical (unpaired) electrons. The number of ether oxygens (including phenoxy) is 4. The Balaban J connectivity index is 5.50. The molecule has 0 aromatic heterocycles. The summed E-state index contributed by atoms with van der Waals surface area (Å²) in [5.74, 6) is -2.35. The largest absolute Gasteiger partial charge is 0.472 e. The van der Waals surface area contributed by atoms with E-state index in [0.29, 0.717) is 32.1 Å². The smallest absolute Gasteiger partial charge is 0.462 e. The van der Waals surface area contributed by atoms with Gasteiger partial charge in [0.1, 0.15) is 19.3 Å². The summed E-state index contributed by atoms with van der Waals surface area (Å²) in [5.41, 5.74) is 0. The first-order valence-electron chi connectivity index (χ1n) is 41.7. The highest BCUT2D eigenvalue weighted by atomic mass is 31.2. The number of aliphatic hydroxyl groups is 1. The highest BCUT2D eigenvalue weighted by molar-refractivity contribution is 7.47. The molecule has 0 bridgehead atoms. The topological polar surface area (TPSA) is 237 Å². The number of allylic oxidation sites excluding steroid dienone is 32. The van der Waals surface area contributed by atoms with Crippen molar-refractivity contribution in [1.29, 1.82) is 0 Å². The molecule has 0 heterocycles. The first-order valence-corrected chi connectivity index (χ1v) is 44.7. The lowest BCUT2D eigenvalue weighted by atomic mass is 10.1. The van der Waals surface area contributed by atoms with E-state index in [2.05, 4.69) is 204 Å². The lowest BCUT2D eigenvalue weighted by Gasteiger charge is -2.21. The van der Waals surface area contributed by atoms with E-state index in [1.807, 2.05) is 18.2 Å². The van der Waals surface area contributed by atoms with E-state index < -0.39 is 97.5 Å². The minimum Gasteiger partial charge on any atom is -0.462 e. The first-order chi connectivity index (χ1) is 53.7. The number of hydrogen-bond acceptors (Lipinski definition) is 15. The molecule has 0 aromatic rings. The monoisotopic (exact) mass is 1570 g/mol. The van der Waals surface area contributed by atoms with Crippen molar-refractivity contribution in [2.75, 3.05) is 39.6 Å². The van der Waals surface area contributed by atoms with Crippen LogP contribution in [-0.2, 0) is 65.4 Å². The average molecular weight is 1570 g/mol. The molecular formula is C91H146O17P2. The Morgan fingerprint density at radius 3 is 0.800 bits per heavy atom. The van der Waals surface area contributed by atoms with Gasteiger partial charge in [0.05, 0.1) is 26.4 Å². The normalized spacial score (nSPS) is 14.8. The maximum Gasteiger partial charge on any atom is 0.472 e. The average Bonchev–Trinajstić information content (AvgIpc) is 0.942. The zero-order valence-electron chi connectivity index (χ0n) is 68.1. The minimum atomic E-state index is -5.01. The Hall–Kier alpha value is -6.10. The van der Waals surface area contributed by atoms with Gasteiger partial charge in [-0.05, 0) is 173 Å². The predicted octanol–water partition coefficient (Wildman–Crippen LogP) is 24.9. The second-order valence-electron chi connectivity index (χ2n) is 26.9. The van der Waals surface area contributed by atoms with E-state index in [0.717, 1.165) is 186 Å². The van der Waals surface area contributed by atoms with Gasteiger partial charge < -0.3 is 33.8 Å². The molecule has 622 valence electrons. The fourth-order valence-electron chi connectivity index (χ4n) is 10.3. The number of unbranched alkanes of at least 4 members (excludes halogenated alkanes) is 18. The molecule has 110 heavy (non-hydrogen) atoms. The van der Waals surface area contributed by atoms with Gasteiger partial charge in [0.25, 0.3) is 0 Å². The lowest BCUT2D eigenvalue weighted by molar-refractivity contribution is -0.161. The SMILES string of the molecule is CC/C=C\C/C=C\C/C=C\C/C=C\C/C=C\C/C=C\CCC(=O)OCC(COP(=O)(O)OCC(O)COP(=O)(O)OCC(COC(=O)CCCCC/C=C\C/C=C\C/C=C\C/C=C\C/C=C\CC)OC(=O)CCCCCCCC/C=C\C/C=C\C/C=C\C/C=C\CC)OC(=O)CCCCCCC/C=C\CCCCCC.